The van der Waals surface area contributed by atoms with Crippen molar-refractivity contribution >= 4 is 0 Å². The van der Waals surface area contributed by atoms with Gasteiger partial charge in [-0.25, -0.2) is 4.68 Å². The van der Waals surface area contributed by atoms with Crippen molar-refractivity contribution in [3.05, 3.63) is 24.1 Å². The second kappa shape index (κ2) is 3.31. The fourth-order valence-electron chi connectivity index (χ4n) is 0.914. The van der Waals surface area contributed by atoms with Gasteiger partial charge in [0.15, 0.2) is 6.33 Å². The van der Waals surface area contributed by atoms with Crippen molar-refractivity contribution in [3.8, 4) is 0 Å². The third-order valence-electron chi connectivity index (χ3n) is 1.50. The topological polar surface area (TPSA) is 95.7 Å². The summed E-state index contributed by atoms with van der Waals surface area (Å²) < 4.78 is 6.39. The van der Waals surface area contributed by atoms with Gasteiger partial charge in [0, 0.05) is 6.54 Å². The Morgan fingerprint density at radius 2 is 2.46 bits per heavy atom. The number of hydrogen-bond donors (Lipinski definition) is 1. The van der Waals surface area contributed by atoms with Crippen LogP contribution < -0.4 is 5.73 Å². The van der Waals surface area contributed by atoms with Crippen LogP contribution in [-0.4, -0.2) is 25.1 Å². The van der Waals surface area contributed by atoms with E-state index in [1.54, 1.807) is 10.9 Å². The Morgan fingerprint density at radius 1 is 1.54 bits per heavy atom. The lowest BCUT2D eigenvalue weighted by Gasteiger charge is -1.91. The molecule has 2 rings (SSSR count). The summed E-state index contributed by atoms with van der Waals surface area (Å²) in [5.41, 5.74) is 6.10. The monoisotopic (exact) mass is 180 g/mol. The van der Waals surface area contributed by atoms with Crippen molar-refractivity contribution < 1.29 is 4.52 Å². The first-order valence-electron chi connectivity index (χ1n) is 3.73. The Morgan fingerprint density at radius 3 is 3.08 bits per heavy atom. The third-order valence-corrected chi connectivity index (χ3v) is 1.50. The molecule has 0 radical (unpaired) electrons. The molecule has 7 heteroatoms. The number of aromatic nitrogens is 5. The van der Waals surface area contributed by atoms with E-state index in [0.717, 1.165) is 5.69 Å². The minimum Gasteiger partial charge on any atom is -0.338 e. The normalized spacial score (nSPS) is 10.5. The van der Waals surface area contributed by atoms with Crippen LogP contribution in [0, 0.1) is 0 Å². The summed E-state index contributed by atoms with van der Waals surface area (Å²) in [5, 5.41) is 11.1. The molecule has 2 aromatic rings. The Labute approximate surface area is 73.5 Å². The molecule has 0 saturated heterocycles. The standard InChI is InChI=1S/C6H8N6O/c7-1-5-2-12(11-10-5)3-6-8-4-9-13-6/h2,4H,1,3,7H2. The van der Waals surface area contributed by atoms with Gasteiger partial charge >= 0.3 is 0 Å². The number of hydrogen-bond acceptors (Lipinski definition) is 6. The van der Waals surface area contributed by atoms with E-state index >= 15 is 0 Å². The summed E-state index contributed by atoms with van der Waals surface area (Å²) in [6.07, 6.45) is 3.08. The number of nitrogens with zero attached hydrogens (tertiary/aromatic N) is 5. The summed E-state index contributed by atoms with van der Waals surface area (Å²) in [5.74, 6) is 0.494. The Bertz CT molecular complexity index is 366. The van der Waals surface area contributed by atoms with Crippen LogP contribution >= 0.6 is 0 Å². The van der Waals surface area contributed by atoms with E-state index in [0.29, 0.717) is 19.0 Å². The summed E-state index contributed by atoms with van der Waals surface area (Å²) in [6, 6.07) is 0. The molecule has 0 spiro atoms. The maximum Gasteiger partial charge on any atom is 0.248 e. The zero-order chi connectivity index (χ0) is 9.10. The van der Waals surface area contributed by atoms with Crippen LogP contribution in [0.4, 0.5) is 0 Å². The van der Waals surface area contributed by atoms with Crippen LogP contribution in [-0.2, 0) is 13.1 Å². The molecule has 0 amide bonds. The van der Waals surface area contributed by atoms with E-state index in [-0.39, 0.29) is 0 Å². The second-order valence-electron chi connectivity index (χ2n) is 2.45. The van der Waals surface area contributed by atoms with E-state index in [2.05, 4.69) is 20.5 Å². The fourth-order valence-corrected chi connectivity index (χ4v) is 0.914. The molecule has 0 aromatic carbocycles. The fraction of sp³-hybridized carbons (Fsp3) is 0.333. The molecule has 0 saturated carbocycles. The van der Waals surface area contributed by atoms with Gasteiger partial charge in [-0.15, -0.1) is 5.10 Å². The highest BCUT2D eigenvalue weighted by Gasteiger charge is 2.02. The van der Waals surface area contributed by atoms with Crippen molar-refractivity contribution in [3.63, 3.8) is 0 Å². The van der Waals surface area contributed by atoms with Crippen molar-refractivity contribution in [2.45, 2.75) is 13.1 Å². The second-order valence-corrected chi connectivity index (χ2v) is 2.45. The molecule has 7 nitrogen and oxygen atoms in total. The molecule has 2 N–H and O–H groups in total. The summed E-state index contributed by atoms with van der Waals surface area (Å²) >= 11 is 0. The highest BCUT2D eigenvalue weighted by Crippen LogP contribution is 1.96. The van der Waals surface area contributed by atoms with Gasteiger partial charge in [-0.2, -0.15) is 4.98 Å². The lowest BCUT2D eigenvalue weighted by molar-refractivity contribution is 0.363. The van der Waals surface area contributed by atoms with Gasteiger partial charge in [0.05, 0.1) is 11.9 Å². The molecule has 0 fully saturated rings. The van der Waals surface area contributed by atoms with E-state index < -0.39 is 0 Å². The minimum atomic E-state index is 0.379. The summed E-state index contributed by atoms with van der Waals surface area (Å²) in [7, 11) is 0. The quantitative estimate of drug-likeness (QED) is 0.662. The molecule has 13 heavy (non-hydrogen) atoms. The molecule has 0 unspecified atom stereocenters. The molecule has 2 aromatic heterocycles. The molecular formula is C6H8N6O. The predicted molar refractivity (Wildman–Crippen MR) is 41.3 cm³/mol. The van der Waals surface area contributed by atoms with Crippen LogP contribution in [0.2, 0.25) is 0 Å². The maximum atomic E-state index is 5.37. The highest BCUT2D eigenvalue weighted by molar-refractivity contribution is 4.91. The van der Waals surface area contributed by atoms with Gasteiger partial charge in [-0.3, -0.25) is 0 Å². The number of rotatable bonds is 3. The van der Waals surface area contributed by atoms with E-state index in [4.69, 9.17) is 10.3 Å². The van der Waals surface area contributed by atoms with Gasteiger partial charge in [-0.05, 0) is 0 Å². The largest absolute Gasteiger partial charge is 0.338 e. The zero-order valence-electron chi connectivity index (χ0n) is 6.79. The van der Waals surface area contributed by atoms with Crippen LogP contribution in [0.25, 0.3) is 0 Å². The molecule has 68 valence electrons. The SMILES string of the molecule is NCc1cn(Cc2ncno2)nn1. The van der Waals surface area contributed by atoms with Crippen molar-refractivity contribution in [2.24, 2.45) is 5.73 Å². The summed E-state index contributed by atoms with van der Waals surface area (Å²) in [6.45, 7) is 0.802. The van der Waals surface area contributed by atoms with Crippen molar-refractivity contribution in [1.29, 1.82) is 0 Å². The van der Waals surface area contributed by atoms with Crippen LogP contribution in [0.1, 0.15) is 11.6 Å². The van der Waals surface area contributed by atoms with Gasteiger partial charge < -0.3 is 10.3 Å². The number of nitrogens with two attached hydrogens (primary N) is 1. The Kier molecular flexibility index (Phi) is 2.01. The van der Waals surface area contributed by atoms with E-state index in [1.165, 1.54) is 6.33 Å². The van der Waals surface area contributed by atoms with Gasteiger partial charge in [0.1, 0.15) is 6.54 Å². The van der Waals surface area contributed by atoms with Crippen molar-refractivity contribution in [1.82, 2.24) is 25.1 Å². The molecule has 0 aliphatic heterocycles. The Balaban J connectivity index is 2.10. The van der Waals surface area contributed by atoms with Gasteiger partial charge in [0.25, 0.3) is 0 Å². The van der Waals surface area contributed by atoms with Gasteiger partial charge in [0.2, 0.25) is 5.89 Å². The molecule has 0 aliphatic carbocycles. The van der Waals surface area contributed by atoms with Crippen LogP contribution in [0.3, 0.4) is 0 Å². The minimum absolute atomic E-state index is 0.379. The molecule has 0 atom stereocenters. The average Bonchev–Trinajstić information content (AvgIpc) is 2.76. The smallest absolute Gasteiger partial charge is 0.248 e. The molecule has 0 bridgehead atoms. The lowest BCUT2D eigenvalue weighted by atomic mass is 10.5. The molecule has 2 heterocycles. The lowest BCUT2D eigenvalue weighted by Crippen LogP contribution is -2.00. The molecular weight excluding hydrogens is 172 g/mol. The predicted octanol–water partition coefficient (Wildman–Crippen LogP) is -0.832. The highest BCUT2D eigenvalue weighted by atomic mass is 16.5. The Hall–Kier alpha value is -1.76. The van der Waals surface area contributed by atoms with E-state index in [9.17, 15) is 0 Å². The summed E-state index contributed by atoms with van der Waals surface area (Å²) in [4.78, 5) is 3.85. The van der Waals surface area contributed by atoms with Crippen LogP contribution in [0.5, 0.6) is 0 Å². The zero-order valence-corrected chi connectivity index (χ0v) is 6.79. The van der Waals surface area contributed by atoms with Gasteiger partial charge in [-0.1, -0.05) is 10.4 Å². The van der Waals surface area contributed by atoms with Crippen LogP contribution in [0.15, 0.2) is 17.0 Å². The average molecular weight is 180 g/mol. The first-order chi connectivity index (χ1) is 6.38. The maximum absolute atomic E-state index is 5.37. The third kappa shape index (κ3) is 1.70. The molecule has 0 aliphatic rings. The van der Waals surface area contributed by atoms with Crippen molar-refractivity contribution in [2.75, 3.05) is 0 Å². The van der Waals surface area contributed by atoms with E-state index in [1.807, 2.05) is 0 Å². The first-order valence-corrected chi connectivity index (χ1v) is 3.73. The first kappa shape index (κ1) is 7.87.